The van der Waals surface area contributed by atoms with Crippen molar-refractivity contribution in [1.82, 2.24) is 0 Å². The third-order valence-corrected chi connectivity index (χ3v) is 4.18. The number of hydrogen-bond acceptors (Lipinski definition) is 4. The first-order valence-electron chi connectivity index (χ1n) is 4.67. The Labute approximate surface area is 100.0 Å². The standard InChI is InChI=1S/C10H14ClNO3S/c1-16(14,15)9(6-13)10(12)7-2-4-8(11)5-3-7/h2-5,9-10,13H,6,12H2,1H3/t9-,10+/m1/s1. The first-order valence-corrected chi connectivity index (χ1v) is 7.00. The molecule has 0 radical (unpaired) electrons. The Bertz CT molecular complexity index is 444. The highest BCUT2D eigenvalue weighted by atomic mass is 35.5. The molecule has 1 rings (SSSR count). The summed E-state index contributed by atoms with van der Waals surface area (Å²) in [6, 6.07) is 5.82. The summed E-state index contributed by atoms with van der Waals surface area (Å²) in [5.74, 6) is 0. The van der Waals surface area contributed by atoms with Crippen LogP contribution < -0.4 is 5.73 Å². The van der Waals surface area contributed by atoms with Gasteiger partial charge in [0.25, 0.3) is 0 Å². The average Bonchev–Trinajstić information content (AvgIpc) is 2.17. The van der Waals surface area contributed by atoms with Crippen molar-refractivity contribution in [3.05, 3.63) is 34.9 Å². The lowest BCUT2D eigenvalue weighted by Crippen LogP contribution is -2.36. The van der Waals surface area contributed by atoms with Crippen LogP contribution in [0, 0.1) is 0 Å². The second kappa shape index (κ2) is 5.14. The minimum Gasteiger partial charge on any atom is -0.395 e. The summed E-state index contributed by atoms with van der Waals surface area (Å²) in [5, 5.41) is 8.62. The van der Waals surface area contributed by atoms with Crippen LogP contribution in [-0.2, 0) is 9.84 Å². The van der Waals surface area contributed by atoms with Gasteiger partial charge in [-0.1, -0.05) is 23.7 Å². The van der Waals surface area contributed by atoms with Gasteiger partial charge in [-0.05, 0) is 17.7 Å². The summed E-state index contributed by atoms with van der Waals surface area (Å²) in [6.07, 6.45) is 1.06. The van der Waals surface area contributed by atoms with Gasteiger partial charge in [-0.3, -0.25) is 0 Å². The van der Waals surface area contributed by atoms with Crippen LogP contribution in [0.3, 0.4) is 0 Å². The summed E-state index contributed by atoms with van der Waals surface area (Å²) >= 11 is 5.71. The highest BCUT2D eigenvalue weighted by molar-refractivity contribution is 7.91. The highest BCUT2D eigenvalue weighted by Gasteiger charge is 2.28. The fourth-order valence-corrected chi connectivity index (χ4v) is 2.50. The molecule has 0 spiro atoms. The molecule has 2 atom stereocenters. The Hall–Kier alpha value is -0.620. The van der Waals surface area contributed by atoms with Crippen molar-refractivity contribution in [3.63, 3.8) is 0 Å². The number of aliphatic hydroxyl groups excluding tert-OH is 1. The third kappa shape index (κ3) is 3.18. The second-order valence-electron chi connectivity index (χ2n) is 3.63. The molecule has 0 aliphatic carbocycles. The predicted molar refractivity (Wildman–Crippen MR) is 64.1 cm³/mol. The predicted octanol–water partition coefficient (Wildman–Crippen LogP) is 0.745. The van der Waals surface area contributed by atoms with Crippen LogP contribution in [0.4, 0.5) is 0 Å². The van der Waals surface area contributed by atoms with Crippen molar-refractivity contribution in [2.75, 3.05) is 12.9 Å². The molecule has 0 fully saturated rings. The smallest absolute Gasteiger partial charge is 0.154 e. The van der Waals surface area contributed by atoms with Gasteiger partial charge < -0.3 is 10.8 Å². The van der Waals surface area contributed by atoms with Crippen molar-refractivity contribution in [2.24, 2.45) is 5.73 Å². The van der Waals surface area contributed by atoms with E-state index in [1.54, 1.807) is 24.3 Å². The van der Waals surface area contributed by atoms with Crippen LogP contribution in [-0.4, -0.2) is 31.6 Å². The van der Waals surface area contributed by atoms with Crippen molar-refractivity contribution in [3.8, 4) is 0 Å². The minimum absolute atomic E-state index is 0.497. The van der Waals surface area contributed by atoms with Crippen LogP contribution in [0.25, 0.3) is 0 Å². The van der Waals surface area contributed by atoms with Gasteiger partial charge in [-0.2, -0.15) is 0 Å². The van der Waals surface area contributed by atoms with E-state index in [2.05, 4.69) is 0 Å². The summed E-state index contributed by atoms with van der Waals surface area (Å²) < 4.78 is 22.8. The summed E-state index contributed by atoms with van der Waals surface area (Å²) in [5.41, 5.74) is 6.44. The number of sulfone groups is 1. The van der Waals surface area contributed by atoms with E-state index in [1.807, 2.05) is 0 Å². The summed E-state index contributed by atoms with van der Waals surface area (Å²) in [6.45, 7) is -0.497. The maximum atomic E-state index is 11.4. The molecule has 0 aliphatic rings. The van der Waals surface area contributed by atoms with E-state index in [-0.39, 0.29) is 0 Å². The minimum atomic E-state index is -3.38. The molecule has 0 amide bonds. The molecule has 16 heavy (non-hydrogen) atoms. The fraction of sp³-hybridized carbons (Fsp3) is 0.400. The van der Waals surface area contributed by atoms with E-state index in [0.717, 1.165) is 6.26 Å². The number of halogens is 1. The molecule has 6 heteroatoms. The molecule has 1 aromatic rings. The number of rotatable bonds is 4. The van der Waals surface area contributed by atoms with Gasteiger partial charge in [0.05, 0.1) is 6.61 Å². The first kappa shape index (κ1) is 13.4. The summed E-state index contributed by atoms with van der Waals surface area (Å²) in [4.78, 5) is 0. The van der Waals surface area contributed by atoms with Crippen molar-refractivity contribution >= 4 is 21.4 Å². The zero-order valence-corrected chi connectivity index (χ0v) is 10.4. The SMILES string of the molecule is CS(=O)(=O)[C@H](CO)[C@@H](N)c1ccc(Cl)cc1. The van der Waals surface area contributed by atoms with Gasteiger partial charge in [0.2, 0.25) is 0 Å². The van der Waals surface area contributed by atoms with Crippen LogP contribution in [0.2, 0.25) is 5.02 Å². The lowest BCUT2D eigenvalue weighted by molar-refractivity contribution is 0.278. The van der Waals surface area contributed by atoms with Gasteiger partial charge in [0.15, 0.2) is 9.84 Å². The van der Waals surface area contributed by atoms with Crippen molar-refractivity contribution in [1.29, 1.82) is 0 Å². The Morgan fingerprint density at radius 1 is 1.38 bits per heavy atom. The van der Waals surface area contributed by atoms with E-state index in [0.29, 0.717) is 10.6 Å². The molecular formula is C10H14ClNO3S. The molecule has 0 bridgehead atoms. The molecule has 0 heterocycles. The molecule has 0 saturated carbocycles. The number of benzene rings is 1. The molecule has 0 saturated heterocycles. The van der Waals surface area contributed by atoms with Crippen LogP contribution in [0.15, 0.2) is 24.3 Å². The molecule has 3 N–H and O–H groups in total. The van der Waals surface area contributed by atoms with E-state index >= 15 is 0 Å². The maximum absolute atomic E-state index is 11.4. The molecule has 1 aromatic carbocycles. The highest BCUT2D eigenvalue weighted by Crippen LogP contribution is 2.21. The zero-order valence-electron chi connectivity index (χ0n) is 8.80. The van der Waals surface area contributed by atoms with Gasteiger partial charge in [-0.25, -0.2) is 8.42 Å². The van der Waals surface area contributed by atoms with Crippen molar-refractivity contribution in [2.45, 2.75) is 11.3 Å². The lowest BCUT2D eigenvalue weighted by Gasteiger charge is -2.20. The molecule has 0 unspecified atom stereocenters. The van der Waals surface area contributed by atoms with Gasteiger partial charge >= 0.3 is 0 Å². The third-order valence-electron chi connectivity index (χ3n) is 2.39. The molecule has 4 nitrogen and oxygen atoms in total. The number of aliphatic hydroxyl groups is 1. The summed E-state index contributed by atoms with van der Waals surface area (Å²) in [7, 11) is -3.38. The zero-order chi connectivity index (χ0) is 12.3. The number of nitrogens with two attached hydrogens (primary N) is 1. The first-order chi connectivity index (χ1) is 7.36. The Morgan fingerprint density at radius 2 is 1.88 bits per heavy atom. The quantitative estimate of drug-likeness (QED) is 0.840. The second-order valence-corrected chi connectivity index (χ2v) is 6.33. The van der Waals surface area contributed by atoms with E-state index in [1.165, 1.54) is 0 Å². The van der Waals surface area contributed by atoms with Crippen LogP contribution >= 0.6 is 11.6 Å². The van der Waals surface area contributed by atoms with Crippen LogP contribution in [0.5, 0.6) is 0 Å². The lowest BCUT2D eigenvalue weighted by atomic mass is 10.1. The molecular weight excluding hydrogens is 250 g/mol. The Balaban J connectivity index is 3.00. The maximum Gasteiger partial charge on any atom is 0.154 e. The fourth-order valence-electron chi connectivity index (χ4n) is 1.41. The monoisotopic (exact) mass is 263 g/mol. The van der Waals surface area contributed by atoms with E-state index < -0.39 is 27.7 Å². The molecule has 0 aromatic heterocycles. The molecule has 0 aliphatic heterocycles. The largest absolute Gasteiger partial charge is 0.395 e. The number of hydrogen-bond donors (Lipinski definition) is 2. The van der Waals surface area contributed by atoms with E-state index in [9.17, 15) is 8.42 Å². The van der Waals surface area contributed by atoms with Gasteiger partial charge in [0, 0.05) is 17.3 Å². The Kier molecular flexibility index (Phi) is 4.32. The average molecular weight is 264 g/mol. The topological polar surface area (TPSA) is 80.4 Å². The normalized spacial score (nSPS) is 15.8. The Morgan fingerprint density at radius 3 is 2.25 bits per heavy atom. The molecule has 90 valence electrons. The van der Waals surface area contributed by atoms with Gasteiger partial charge in [0.1, 0.15) is 5.25 Å². The van der Waals surface area contributed by atoms with Crippen molar-refractivity contribution < 1.29 is 13.5 Å². The van der Waals surface area contributed by atoms with Crippen LogP contribution in [0.1, 0.15) is 11.6 Å². The van der Waals surface area contributed by atoms with E-state index in [4.69, 9.17) is 22.4 Å². The van der Waals surface area contributed by atoms with Gasteiger partial charge in [-0.15, -0.1) is 0 Å².